The van der Waals surface area contributed by atoms with Crippen molar-refractivity contribution in [3.05, 3.63) is 84.9 Å². The summed E-state index contributed by atoms with van der Waals surface area (Å²) in [6.07, 6.45) is 0. The van der Waals surface area contributed by atoms with Crippen LogP contribution in [0.15, 0.2) is 90.1 Å². The molecule has 5 aromatic rings. The first-order chi connectivity index (χ1) is 13.7. The smallest absolute Gasteiger partial charge is 0.766 e. The van der Waals surface area contributed by atoms with Gasteiger partial charge in [-0.15, -0.1) is 0 Å². The topological polar surface area (TPSA) is 70.8 Å². The van der Waals surface area contributed by atoms with Crippen LogP contribution in [0.4, 0.5) is 0 Å². The molecule has 0 fully saturated rings. The fraction of sp³-hybridized carbons (Fsp3) is 0. The summed E-state index contributed by atoms with van der Waals surface area (Å²) in [6.45, 7) is 0. The predicted octanol–water partition coefficient (Wildman–Crippen LogP) is 1.48. The standard InChI is InChI=1S/C22H15N3O2S.Na/c26-28(27)22-23-18(15-8-2-1-3-9-15)14-21(24-22)25-19-12-6-4-10-16(19)17-11-5-7-13-20(17)25;/h1-14H,(H,26,27);/q;+1/p-1. The van der Waals surface area contributed by atoms with Gasteiger partial charge in [0.2, 0.25) is 5.16 Å². The Morgan fingerprint density at radius 2 is 1.31 bits per heavy atom. The zero-order valence-corrected chi connectivity index (χ0v) is 18.5. The SMILES string of the molecule is O=S([O-])c1nc(-c2ccccc2)cc(-n2c3ccccc3c3ccccc32)n1.[Na+]. The van der Waals surface area contributed by atoms with Gasteiger partial charge in [-0.05, 0) is 12.1 Å². The van der Waals surface area contributed by atoms with Gasteiger partial charge >= 0.3 is 29.6 Å². The maximum absolute atomic E-state index is 11.7. The molecule has 1 atom stereocenters. The zero-order chi connectivity index (χ0) is 19.1. The van der Waals surface area contributed by atoms with E-state index < -0.39 is 11.1 Å². The van der Waals surface area contributed by atoms with Gasteiger partial charge in [0.05, 0.1) is 16.7 Å². The van der Waals surface area contributed by atoms with Crippen molar-refractivity contribution < 1.29 is 38.3 Å². The summed E-state index contributed by atoms with van der Waals surface area (Å²) in [7, 11) is 0. The van der Waals surface area contributed by atoms with E-state index in [9.17, 15) is 8.76 Å². The molecule has 0 bridgehead atoms. The van der Waals surface area contributed by atoms with Crippen LogP contribution in [0.3, 0.4) is 0 Å². The number of nitrogens with zero attached hydrogens (tertiary/aromatic N) is 3. The quantitative estimate of drug-likeness (QED) is 0.258. The summed E-state index contributed by atoms with van der Waals surface area (Å²) in [4.78, 5) is 8.58. The largest absolute Gasteiger partial charge is 1.00 e. The minimum atomic E-state index is -2.54. The zero-order valence-electron chi connectivity index (χ0n) is 15.6. The van der Waals surface area contributed by atoms with Crippen LogP contribution in [0.2, 0.25) is 0 Å². The molecule has 0 spiro atoms. The fourth-order valence-electron chi connectivity index (χ4n) is 3.53. The molecule has 29 heavy (non-hydrogen) atoms. The van der Waals surface area contributed by atoms with Gasteiger partial charge in [-0.25, -0.2) is 9.97 Å². The van der Waals surface area contributed by atoms with E-state index in [0.717, 1.165) is 27.4 Å². The molecular weight excluding hydrogens is 393 g/mol. The predicted molar refractivity (Wildman–Crippen MR) is 109 cm³/mol. The van der Waals surface area contributed by atoms with Crippen molar-refractivity contribution in [3.63, 3.8) is 0 Å². The number of aromatic nitrogens is 3. The molecule has 0 amide bonds. The summed E-state index contributed by atoms with van der Waals surface area (Å²) in [5.41, 5.74) is 3.32. The third kappa shape index (κ3) is 3.54. The van der Waals surface area contributed by atoms with Crippen LogP contribution in [-0.2, 0) is 11.1 Å². The molecule has 136 valence electrons. The molecule has 2 aromatic heterocycles. The average Bonchev–Trinajstić information content (AvgIpc) is 3.08. The van der Waals surface area contributed by atoms with Crippen LogP contribution in [0.1, 0.15) is 0 Å². The van der Waals surface area contributed by atoms with Crippen LogP contribution in [0.25, 0.3) is 38.9 Å². The maximum Gasteiger partial charge on any atom is 1.00 e. The van der Waals surface area contributed by atoms with Crippen molar-refractivity contribution in [2.24, 2.45) is 0 Å². The van der Waals surface area contributed by atoms with Crippen LogP contribution < -0.4 is 29.6 Å². The molecule has 5 nitrogen and oxygen atoms in total. The van der Waals surface area contributed by atoms with Crippen molar-refractivity contribution in [3.8, 4) is 17.1 Å². The maximum atomic E-state index is 11.7. The van der Waals surface area contributed by atoms with Crippen molar-refractivity contribution in [2.45, 2.75) is 5.16 Å². The van der Waals surface area contributed by atoms with Crippen molar-refractivity contribution in [1.82, 2.24) is 14.5 Å². The van der Waals surface area contributed by atoms with E-state index in [1.807, 2.05) is 77.4 Å². The Morgan fingerprint density at radius 3 is 1.90 bits per heavy atom. The third-order valence-corrected chi connectivity index (χ3v) is 5.20. The van der Waals surface area contributed by atoms with Gasteiger partial charge in [-0.1, -0.05) is 66.7 Å². The molecule has 0 aliphatic heterocycles. The molecule has 0 saturated carbocycles. The van der Waals surface area contributed by atoms with E-state index in [4.69, 9.17) is 0 Å². The second kappa shape index (κ2) is 8.18. The Bertz CT molecular complexity index is 1300. The van der Waals surface area contributed by atoms with Gasteiger partial charge in [0.15, 0.2) is 0 Å². The summed E-state index contributed by atoms with van der Waals surface area (Å²) >= 11 is -2.54. The number of hydrogen-bond acceptors (Lipinski definition) is 4. The molecule has 5 rings (SSSR count). The van der Waals surface area contributed by atoms with Gasteiger partial charge in [0.25, 0.3) is 0 Å². The number of fused-ring (bicyclic) bond motifs is 3. The van der Waals surface area contributed by atoms with Crippen LogP contribution in [0, 0.1) is 0 Å². The molecule has 0 radical (unpaired) electrons. The molecule has 0 saturated heterocycles. The Hall–Kier alpha value is -2.35. The minimum Gasteiger partial charge on any atom is -0.766 e. The molecule has 3 aromatic carbocycles. The van der Waals surface area contributed by atoms with Gasteiger partial charge in [-0.3, -0.25) is 8.78 Å². The molecule has 0 aliphatic carbocycles. The number of hydrogen-bond donors (Lipinski definition) is 0. The Kier molecular flexibility index (Phi) is 5.63. The second-order valence-corrected chi connectivity index (χ2v) is 7.20. The molecule has 1 unspecified atom stereocenters. The molecule has 7 heteroatoms. The van der Waals surface area contributed by atoms with E-state index in [1.165, 1.54) is 0 Å². The van der Waals surface area contributed by atoms with Crippen LogP contribution in [0.5, 0.6) is 0 Å². The van der Waals surface area contributed by atoms with Crippen LogP contribution >= 0.6 is 0 Å². The first-order valence-corrected chi connectivity index (χ1v) is 9.82. The Labute approximate surface area is 192 Å². The van der Waals surface area contributed by atoms with Gasteiger partial charge in [-0.2, -0.15) is 0 Å². The molecular formula is C22H14N3NaO2S. The average molecular weight is 407 g/mol. The first-order valence-electron chi connectivity index (χ1n) is 8.75. The monoisotopic (exact) mass is 407 g/mol. The second-order valence-electron chi connectivity index (χ2n) is 6.36. The number of rotatable bonds is 3. The van der Waals surface area contributed by atoms with Crippen molar-refractivity contribution in [1.29, 1.82) is 0 Å². The summed E-state index contributed by atoms with van der Waals surface area (Å²) in [5.74, 6) is 0.519. The number of benzene rings is 3. The Balaban J connectivity index is 0.00000205. The van der Waals surface area contributed by atoms with E-state index in [-0.39, 0.29) is 34.7 Å². The fourth-order valence-corrected chi connectivity index (χ4v) is 3.87. The molecule has 0 aliphatic rings. The third-order valence-electron chi connectivity index (χ3n) is 4.72. The number of para-hydroxylation sites is 2. The van der Waals surface area contributed by atoms with E-state index in [1.54, 1.807) is 0 Å². The first kappa shape index (κ1) is 19.9. The van der Waals surface area contributed by atoms with Gasteiger partial charge < -0.3 is 4.55 Å². The molecule has 0 N–H and O–H groups in total. The van der Waals surface area contributed by atoms with E-state index in [2.05, 4.69) is 22.1 Å². The summed E-state index contributed by atoms with van der Waals surface area (Å²) in [6, 6.07) is 27.4. The van der Waals surface area contributed by atoms with Crippen LogP contribution in [-0.4, -0.2) is 23.3 Å². The molecule has 2 heterocycles. The van der Waals surface area contributed by atoms with Gasteiger partial charge in [0, 0.05) is 33.5 Å². The Morgan fingerprint density at radius 1 is 0.759 bits per heavy atom. The summed E-state index contributed by atoms with van der Waals surface area (Å²) in [5, 5.41) is 1.95. The van der Waals surface area contributed by atoms with E-state index >= 15 is 0 Å². The van der Waals surface area contributed by atoms with Crippen molar-refractivity contribution in [2.75, 3.05) is 0 Å². The van der Waals surface area contributed by atoms with Crippen molar-refractivity contribution >= 4 is 32.9 Å². The minimum absolute atomic E-state index is 0. The van der Waals surface area contributed by atoms with Gasteiger partial charge in [0.1, 0.15) is 5.82 Å². The van der Waals surface area contributed by atoms with E-state index in [0.29, 0.717) is 11.5 Å². The summed E-state index contributed by atoms with van der Waals surface area (Å²) < 4.78 is 25.4. The normalized spacial score (nSPS) is 12.0.